The Morgan fingerprint density at radius 2 is 2.12 bits per heavy atom. The number of aromatic nitrogens is 1. The highest BCUT2D eigenvalue weighted by Gasteiger charge is 2.39. The lowest BCUT2D eigenvalue weighted by Gasteiger charge is -2.37. The standard InChI is InChI=1S/C11H16ClN3S/c12-11-14-5-10(16-11)6-15-8-1-2-9(15)4-7(13)3-8/h5,7-9H,1-4,6,13H2. The predicted molar refractivity (Wildman–Crippen MR) is 66.7 cm³/mol. The van der Waals surface area contributed by atoms with Gasteiger partial charge in [-0.05, 0) is 25.7 Å². The molecular formula is C11H16ClN3S. The van der Waals surface area contributed by atoms with Crippen LogP contribution in [0.5, 0.6) is 0 Å². The number of fused-ring (bicyclic) bond motifs is 2. The minimum absolute atomic E-state index is 0.416. The molecule has 3 rings (SSSR count). The summed E-state index contributed by atoms with van der Waals surface area (Å²) >= 11 is 7.45. The molecule has 2 aliphatic heterocycles. The molecule has 0 aromatic carbocycles. The second kappa shape index (κ2) is 4.26. The Labute approximate surface area is 105 Å². The van der Waals surface area contributed by atoms with Gasteiger partial charge in [0.15, 0.2) is 4.47 Å². The zero-order valence-corrected chi connectivity index (χ0v) is 10.7. The van der Waals surface area contributed by atoms with Crippen molar-refractivity contribution in [2.24, 2.45) is 5.73 Å². The predicted octanol–water partition coefficient (Wildman–Crippen LogP) is 2.25. The van der Waals surface area contributed by atoms with Crippen molar-refractivity contribution in [3.05, 3.63) is 15.5 Å². The van der Waals surface area contributed by atoms with Gasteiger partial charge in [0.05, 0.1) is 0 Å². The number of nitrogens with two attached hydrogens (primary N) is 1. The summed E-state index contributed by atoms with van der Waals surface area (Å²) in [6.45, 7) is 1.01. The van der Waals surface area contributed by atoms with Gasteiger partial charge in [-0.1, -0.05) is 11.6 Å². The summed E-state index contributed by atoms with van der Waals surface area (Å²) < 4.78 is 0.649. The molecule has 2 bridgehead atoms. The number of nitrogens with zero attached hydrogens (tertiary/aromatic N) is 2. The van der Waals surface area contributed by atoms with Crippen LogP contribution in [0.15, 0.2) is 6.20 Å². The zero-order chi connectivity index (χ0) is 11.1. The molecule has 1 aromatic rings. The van der Waals surface area contributed by atoms with Gasteiger partial charge in [-0.3, -0.25) is 4.90 Å². The molecule has 16 heavy (non-hydrogen) atoms. The van der Waals surface area contributed by atoms with Crippen LogP contribution in [0.3, 0.4) is 0 Å². The third-order valence-electron chi connectivity index (χ3n) is 3.78. The fourth-order valence-electron chi connectivity index (χ4n) is 3.11. The molecule has 0 spiro atoms. The van der Waals surface area contributed by atoms with Crippen LogP contribution < -0.4 is 5.73 Å². The van der Waals surface area contributed by atoms with Crippen molar-refractivity contribution in [3.8, 4) is 0 Å². The van der Waals surface area contributed by atoms with Crippen LogP contribution in [-0.2, 0) is 6.54 Å². The van der Waals surface area contributed by atoms with Crippen molar-refractivity contribution < 1.29 is 0 Å². The van der Waals surface area contributed by atoms with Crippen LogP contribution in [0.4, 0.5) is 0 Å². The van der Waals surface area contributed by atoms with Crippen molar-refractivity contribution in [1.82, 2.24) is 9.88 Å². The van der Waals surface area contributed by atoms with Gasteiger partial charge in [0.1, 0.15) is 0 Å². The molecular weight excluding hydrogens is 242 g/mol. The van der Waals surface area contributed by atoms with E-state index in [1.54, 1.807) is 11.3 Å². The molecule has 0 amide bonds. The normalized spacial score (nSPS) is 34.5. The monoisotopic (exact) mass is 257 g/mol. The molecule has 2 aliphatic rings. The quantitative estimate of drug-likeness (QED) is 0.884. The molecule has 2 saturated heterocycles. The lowest BCUT2D eigenvalue weighted by Crippen LogP contribution is -2.46. The Balaban J connectivity index is 1.72. The van der Waals surface area contributed by atoms with Gasteiger partial charge in [-0.25, -0.2) is 4.98 Å². The van der Waals surface area contributed by atoms with Gasteiger partial charge < -0.3 is 5.73 Å². The fourth-order valence-corrected chi connectivity index (χ4v) is 4.10. The Hall–Kier alpha value is -0.160. The molecule has 0 saturated carbocycles. The number of hydrogen-bond donors (Lipinski definition) is 1. The van der Waals surface area contributed by atoms with Crippen LogP contribution in [0.2, 0.25) is 4.47 Å². The molecule has 1 aromatic heterocycles. The van der Waals surface area contributed by atoms with Crippen molar-refractivity contribution in [2.45, 2.75) is 50.4 Å². The molecule has 3 nitrogen and oxygen atoms in total. The number of thiazole rings is 1. The van der Waals surface area contributed by atoms with E-state index >= 15 is 0 Å². The summed E-state index contributed by atoms with van der Waals surface area (Å²) in [6, 6.07) is 1.79. The Kier molecular flexibility index (Phi) is 2.92. The average Bonchev–Trinajstić information content (AvgIpc) is 2.72. The van der Waals surface area contributed by atoms with E-state index in [1.165, 1.54) is 17.7 Å². The highest BCUT2D eigenvalue weighted by atomic mass is 35.5. The zero-order valence-electron chi connectivity index (χ0n) is 9.10. The van der Waals surface area contributed by atoms with Crippen LogP contribution in [-0.4, -0.2) is 28.0 Å². The molecule has 5 heteroatoms. The lowest BCUT2D eigenvalue weighted by atomic mass is 9.98. The summed E-state index contributed by atoms with van der Waals surface area (Å²) in [7, 11) is 0. The summed E-state index contributed by atoms with van der Waals surface area (Å²) in [5.41, 5.74) is 6.06. The van der Waals surface area contributed by atoms with Crippen molar-refractivity contribution in [3.63, 3.8) is 0 Å². The van der Waals surface area contributed by atoms with Crippen molar-refractivity contribution >= 4 is 22.9 Å². The van der Waals surface area contributed by atoms with Gasteiger partial charge >= 0.3 is 0 Å². The van der Waals surface area contributed by atoms with Crippen LogP contribution in [0, 0.1) is 0 Å². The molecule has 2 N–H and O–H groups in total. The number of piperidine rings is 1. The minimum Gasteiger partial charge on any atom is -0.328 e. The van der Waals surface area contributed by atoms with Crippen LogP contribution in [0.25, 0.3) is 0 Å². The number of rotatable bonds is 2. The van der Waals surface area contributed by atoms with Gasteiger partial charge in [-0.2, -0.15) is 0 Å². The van der Waals surface area contributed by atoms with Crippen LogP contribution in [0.1, 0.15) is 30.6 Å². The lowest BCUT2D eigenvalue weighted by molar-refractivity contribution is 0.121. The average molecular weight is 258 g/mol. The van der Waals surface area contributed by atoms with E-state index in [4.69, 9.17) is 17.3 Å². The Morgan fingerprint density at radius 3 is 2.69 bits per heavy atom. The maximum absolute atomic E-state index is 6.06. The molecule has 2 atom stereocenters. The second-order valence-electron chi connectivity index (χ2n) is 4.87. The summed E-state index contributed by atoms with van der Waals surface area (Å²) in [4.78, 5) is 7.98. The first kappa shape index (κ1) is 11.0. The fraction of sp³-hybridized carbons (Fsp3) is 0.727. The first-order chi connectivity index (χ1) is 7.72. The van der Waals surface area contributed by atoms with Gasteiger partial charge in [0.25, 0.3) is 0 Å². The summed E-state index contributed by atoms with van der Waals surface area (Å²) in [5.74, 6) is 0. The smallest absolute Gasteiger partial charge is 0.183 e. The van der Waals surface area contributed by atoms with Gasteiger partial charge in [-0.15, -0.1) is 11.3 Å². The molecule has 2 unspecified atom stereocenters. The third-order valence-corrected chi connectivity index (χ3v) is 4.88. The molecule has 88 valence electrons. The first-order valence-corrected chi connectivity index (χ1v) is 7.03. The Bertz CT molecular complexity index is 367. The van der Waals surface area contributed by atoms with E-state index in [-0.39, 0.29) is 0 Å². The minimum atomic E-state index is 0.416. The topological polar surface area (TPSA) is 42.1 Å². The van der Waals surface area contributed by atoms with E-state index in [0.29, 0.717) is 22.6 Å². The SMILES string of the molecule is NC1CC2CCC(C1)N2Cc1cnc(Cl)s1. The van der Waals surface area contributed by atoms with Crippen molar-refractivity contribution in [1.29, 1.82) is 0 Å². The highest BCUT2D eigenvalue weighted by Crippen LogP contribution is 2.36. The van der Waals surface area contributed by atoms with E-state index in [9.17, 15) is 0 Å². The van der Waals surface area contributed by atoms with Crippen molar-refractivity contribution in [2.75, 3.05) is 0 Å². The first-order valence-electron chi connectivity index (χ1n) is 5.84. The summed E-state index contributed by atoms with van der Waals surface area (Å²) in [5, 5.41) is 0. The maximum Gasteiger partial charge on any atom is 0.183 e. The van der Waals surface area contributed by atoms with Gasteiger partial charge in [0, 0.05) is 35.7 Å². The molecule has 0 aliphatic carbocycles. The van der Waals surface area contributed by atoms with Gasteiger partial charge in [0.2, 0.25) is 0 Å². The Morgan fingerprint density at radius 1 is 1.44 bits per heavy atom. The largest absolute Gasteiger partial charge is 0.328 e. The van der Waals surface area contributed by atoms with Crippen LogP contribution >= 0.6 is 22.9 Å². The second-order valence-corrected chi connectivity index (χ2v) is 6.57. The number of halogens is 1. The van der Waals surface area contributed by atoms with E-state index in [2.05, 4.69) is 9.88 Å². The highest BCUT2D eigenvalue weighted by molar-refractivity contribution is 7.15. The summed E-state index contributed by atoms with van der Waals surface area (Å²) in [6.07, 6.45) is 6.84. The number of hydrogen-bond acceptors (Lipinski definition) is 4. The van der Waals surface area contributed by atoms with E-state index in [0.717, 1.165) is 19.4 Å². The molecule has 0 radical (unpaired) electrons. The van der Waals surface area contributed by atoms with E-state index in [1.807, 2.05) is 6.20 Å². The maximum atomic E-state index is 6.06. The third kappa shape index (κ3) is 1.99. The molecule has 2 fully saturated rings. The van der Waals surface area contributed by atoms with E-state index < -0.39 is 0 Å². The molecule has 3 heterocycles.